The fourth-order valence-electron chi connectivity index (χ4n) is 2.18. The van der Waals surface area contributed by atoms with Gasteiger partial charge in [-0.1, -0.05) is 6.07 Å². The molecular weight excluding hydrogens is 298 g/mol. The Morgan fingerprint density at radius 2 is 1.59 bits per heavy atom. The fourth-order valence-corrected chi connectivity index (χ4v) is 2.18. The summed E-state index contributed by atoms with van der Waals surface area (Å²) in [4.78, 5) is 0. The number of halogens is 4. The Labute approximate surface area is 125 Å². The molecule has 0 saturated carbocycles. The first-order valence-corrected chi connectivity index (χ1v) is 6.61. The Morgan fingerprint density at radius 3 is 2.18 bits per heavy atom. The van der Waals surface area contributed by atoms with Crippen LogP contribution in [0.4, 0.5) is 17.6 Å². The van der Waals surface area contributed by atoms with Crippen LogP contribution in [0.1, 0.15) is 18.1 Å². The largest absolute Gasteiger partial charge is 0.384 e. The number of hydrogen-bond acceptors (Lipinski definition) is 2. The van der Waals surface area contributed by atoms with Gasteiger partial charge in [-0.15, -0.1) is 0 Å². The van der Waals surface area contributed by atoms with Crippen molar-refractivity contribution in [2.24, 2.45) is 0 Å². The molecule has 2 aromatic rings. The molecular formula is C16H15F4NO. The Bertz CT molecular complexity index is 653. The maximum absolute atomic E-state index is 13.7. The predicted octanol–water partition coefficient (Wildman–Crippen LogP) is 3.24. The molecule has 0 heterocycles. The Hall–Kier alpha value is -1.92. The van der Waals surface area contributed by atoms with Crippen LogP contribution in [0.2, 0.25) is 0 Å². The van der Waals surface area contributed by atoms with Crippen molar-refractivity contribution in [3.63, 3.8) is 0 Å². The molecule has 1 unspecified atom stereocenters. The monoisotopic (exact) mass is 313 g/mol. The molecule has 1 atom stereocenters. The number of hydrogen-bond donors (Lipinski definition) is 2. The van der Waals surface area contributed by atoms with Crippen LogP contribution >= 0.6 is 0 Å². The topological polar surface area (TPSA) is 32.3 Å². The second-order valence-corrected chi connectivity index (χ2v) is 5.28. The number of nitrogens with one attached hydrogen (secondary N) is 1. The predicted molar refractivity (Wildman–Crippen MR) is 74.0 cm³/mol. The van der Waals surface area contributed by atoms with Crippen LogP contribution in [-0.4, -0.2) is 11.7 Å². The van der Waals surface area contributed by atoms with Gasteiger partial charge in [0.25, 0.3) is 0 Å². The molecule has 6 heteroatoms. The molecule has 0 aliphatic heterocycles. The van der Waals surface area contributed by atoms with Gasteiger partial charge < -0.3 is 10.4 Å². The summed E-state index contributed by atoms with van der Waals surface area (Å²) in [6, 6.07) is 5.97. The quantitative estimate of drug-likeness (QED) is 0.831. The van der Waals surface area contributed by atoms with Gasteiger partial charge in [-0.05, 0) is 30.7 Å². The van der Waals surface area contributed by atoms with Crippen LogP contribution in [0.25, 0.3) is 0 Å². The lowest BCUT2D eigenvalue weighted by Gasteiger charge is -2.25. The molecule has 0 aliphatic rings. The van der Waals surface area contributed by atoms with Crippen LogP contribution in [0, 0.1) is 23.3 Å². The van der Waals surface area contributed by atoms with Gasteiger partial charge in [0.05, 0.1) is 0 Å². The van der Waals surface area contributed by atoms with E-state index in [2.05, 4.69) is 5.32 Å². The Morgan fingerprint density at radius 1 is 0.955 bits per heavy atom. The van der Waals surface area contributed by atoms with E-state index < -0.39 is 28.9 Å². The zero-order valence-electron chi connectivity index (χ0n) is 11.8. The number of rotatable bonds is 5. The van der Waals surface area contributed by atoms with E-state index in [-0.39, 0.29) is 18.7 Å². The van der Waals surface area contributed by atoms with E-state index in [9.17, 15) is 22.7 Å². The summed E-state index contributed by atoms with van der Waals surface area (Å²) in [5.74, 6) is -3.00. The van der Waals surface area contributed by atoms with Gasteiger partial charge in [-0.25, -0.2) is 17.6 Å². The molecule has 22 heavy (non-hydrogen) atoms. The highest BCUT2D eigenvalue weighted by Crippen LogP contribution is 2.23. The minimum absolute atomic E-state index is 0.0631. The third-order valence-electron chi connectivity index (χ3n) is 3.23. The molecule has 0 bridgehead atoms. The van der Waals surface area contributed by atoms with Gasteiger partial charge in [0.1, 0.15) is 28.9 Å². The van der Waals surface area contributed by atoms with Crippen molar-refractivity contribution in [3.05, 3.63) is 70.8 Å². The summed E-state index contributed by atoms with van der Waals surface area (Å²) in [6.45, 7) is 1.38. The molecule has 0 aromatic heterocycles. The first-order valence-electron chi connectivity index (χ1n) is 6.61. The van der Waals surface area contributed by atoms with Crippen molar-refractivity contribution in [1.82, 2.24) is 5.32 Å². The summed E-state index contributed by atoms with van der Waals surface area (Å²) >= 11 is 0. The summed E-state index contributed by atoms with van der Waals surface area (Å²) in [7, 11) is 0. The molecule has 0 amide bonds. The first-order chi connectivity index (χ1) is 10.3. The molecule has 2 rings (SSSR count). The summed E-state index contributed by atoms with van der Waals surface area (Å²) < 4.78 is 52.6. The SMILES string of the molecule is CC(O)(CNCc1cc(F)cc(F)c1)c1ccc(F)cc1F. The second kappa shape index (κ2) is 6.46. The van der Waals surface area contributed by atoms with E-state index in [1.807, 2.05) is 0 Å². The minimum atomic E-state index is -1.59. The van der Waals surface area contributed by atoms with E-state index in [0.717, 1.165) is 30.3 Å². The van der Waals surface area contributed by atoms with E-state index >= 15 is 0 Å². The maximum atomic E-state index is 13.7. The first kappa shape index (κ1) is 16.5. The summed E-state index contributed by atoms with van der Waals surface area (Å²) in [5, 5.41) is 13.1. The molecule has 0 saturated heterocycles. The van der Waals surface area contributed by atoms with E-state index in [1.165, 1.54) is 6.92 Å². The van der Waals surface area contributed by atoms with Gasteiger partial charge in [-0.2, -0.15) is 0 Å². The number of aliphatic hydroxyl groups is 1. The maximum Gasteiger partial charge on any atom is 0.132 e. The normalized spacial score (nSPS) is 13.9. The van der Waals surface area contributed by atoms with Gasteiger partial charge in [0.2, 0.25) is 0 Å². The van der Waals surface area contributed by atoms with Crippen LogP contribution in [0.3, 0.4) is 0 Å². The van der Waals surface area contributed by atoms with Crippen LogP contribution in [0.5, 0.6) is 0 Å². The van der Waals surface area contributed by atoms with Crippen molar-refractivity contribution >= 4 is 0 Å². The highest BCUT2D eigenvalue weighted by Gasteiger charge is 2.26. The lowest BCUT2D eigenvalue weighted by molar-refractivity contribution is 0.0528. The molecule has 2 aromatic carbocycles. The van der Waals surface area contributed by atoms with Gasteiger partial charge in [0, 0.05) is 30.8 Å². The van der Waals surface area contributed by atoms with Crippen molar-refractivity contribution in [1.29, 1.82) is 0 Å². The molecule has 0 spiro atoms. The smallest absolute Gasteiger partial charge is 0.132 e. The summed E-state index contributed by atoms with van der Waals surface area (Å²) in [6.07, 6.45) is 0. The third-order valence-corrected chi connectivity index (χ3v) is 3.23. The van der Waals surface area contributed by atoms with Crippen molar-refractivity contribution in [2.45, 2.75) is 19.1 Å². The van der Waals surface area contributed by atoms with Crippen LogP contribution < -0.4 is 5.32 Å². The molecule has 0 fully saturated rings. The van der Waals surface area contributed by atoms with Gasteiger partial charge in [0.15, 0.2) is 0 Å². The molecule has 0 radical (unpaired) electrons. The average molecular weight is 313 g/mol. The Balaban J connectivity index is 2.03. The zero-order chi connectivity index (χ0) is 16.3. The van der Waals surface area contributed by atoms with E-state index in [4.69, 9.17) is 0 Å². The van der Waals surface area contributed by atoms with E-state index in [0.29, 0.717) is 11.6 Å². The van der Waals surface area contributed by atoms with Gasteiger partial charge >= 0.3 is 0 Å². The lowest BCUT2D eigenvalue weighted by atomic mass is 9.95. The van der Waals surface area contributed by atoms with E-state index in [1.54, 1.807) is 0 Å². The fraction of sp³-hybridized carbons (Fsp3) is 0.250. The Kier molecular flexibility index (Phi) is 4.83. The average Bonchev–Trinajstić information content (AvgIpc) is 2.36. The van der Waals surface area contributed by atoms with Crippen LogP contribution in [-0.2, 0) is 12.1 Å². The van der Waals surface area contributed by atoms with Crippen molar-refractivity contribution in [2.75, 3.05) is 6.54 Å². The lowest BCUT2D eigenvalue weighted by Crippen LogP contribution is -2.36. The molecule has 118 valence electrons. The minimum Gasteiger partial charge on any atom is -0.384 e. The number of benzene rings is 2. The molecule has 2 nitrogen and oxygen atoms in total. The standard InChI is InChI=1S/C16H15F4NO/c1-16(22,14-3-2-11(17)7-15(14)20)9-21-8-10-4-12(18)6-13(19)5-10/h2-7,21-22H,8-9H2,1H3. The van der Waals surface area contributed by atoms with Crippen molar-refractivity contribution < 1.29 is 22.7 Å². The second-order valence-electron chi connectivity index (χ2n) is 5.28. The van der Waals surface area contributed by atoms with Crippen LogP contribution in [0.15, 0.2) is 36.4 Å². The van der Waals surface area contributed by atoms with Gasteiger partial charge in [-0.3, -0.25) is 0 Å². The molecule has 0 aliphatic carbocycles. The highest BCUT2D eigenvalue weighted by molar-refractivity contribution is 5.25. The third kappa shape index (κ3) is 4.05. The highest BCUT2D eigenvalue weighted by atomic mass is 19.1. The van der Waals surface area contributed by atoms with Crippen molar-refractivity contribution in [3.8, 4) is 0 Å². The zero-order valence-corrected chi connectivity index (χ0v) is 11.8. The molecule has 2 N–H and O–H groups in total. The summed E-state index contributed by atoms with van der Waals surface area (Å²) in [5.41, 5.74) is -1.30.